The van der Waals surface area contributed by atoms with Crippen molar-refractivity contribution < 1.29 is 9.36 Å². The maximum atomic E-state index is 12.3. The summed E-state index contributed by atoms with van der Waals surface area (Å²) in [5.41, 5.74) is 2.54. The van der Waals surface area contributed by atoms with E-state index in [0.29, 0.717) is 0 Å². The number of carbonyl (C=O) groups excluding carboxylic acids is 1. The summed E-state index contributed by atoms with van der Waals surface area (Å²) in [5, 5.41) is 7.93. The summed E-state index contributed by atoms with van der Waals surface area (Å²) < 4.78 is 3.17. The van der Waals surface area contributed by atoms with Gasteiger partial charge in [-0.25, -0.2) is 0 Å². The third-order valence-corrected chi connectivity index (χ3v) is 3.30. The van der Waals surface area contributed by atoms with Gasteiger partial charge in [-0.1, -0.05) is 17.3 Å². The molecular weight excluding hydrogens is 266 g/mol. The van der Waals surface area contributed by atoms with Gasteiger partial charge < -0.3 is 4.90 Å². The largest absolute Gasteiger partial charge is 0.377 e. The number of hydrogen-bond acceptors (Lipinski definition) is 4. The third kappa shape index (κ3) is 2.60. The molecular formula is C15H16N5O+. The average Bonchev–Trinajstić information content (AvgIpc) is 2.92. The van der Waals surface area contributed by atoms with Crippen molar-refractivity contribution in [2.24, 2.45) is 0 Å². The highest BCUT2D eigenvalue weighted by Crippen LogP contribution is 2.09. The Balaban J connectivity index is 1.83. The van der Waals surface area contributed by atoms with E-state index < -0.39 is 0 Å². The highest BCUT2D eigenvalue weighted by atomic mass is 16.2. The standard InChI is InChI=1S/C15H16N5O/c1-18(2)12-7-9-19(10-8-12)11-15(21)20-14-6-4-3-5-13(14)16-17-20/h3-10H,11H2,1-2H3/q+1. The van der Waals surface area contributed by atoms with Crippen molar-refractivity contribution in [3.05, 3.63) is 48.8 Å². The maximum Gasteiger partial charge on any atom is 0.314 e. The van der Waals surface area contributed by atoms with E-state index >= 15 is 0 Å². The van der Waals surface area contributed by atoms with Gasteiger partial charge in [0.25, 0.3) is 0 Å². The minimum absolute atomic E-state index is 0.119. The molecule has 0 saturated heterocycles. The molecule has 0 aliphatic carbocycles. The monoisotopic (exact) mass is 282 g/mol. The molecule has 0 fully saturated rings. The van der Waals surface area contributed by atoms with Crippen molar-refractivity contribution >= 4 is 22.6 Å². The van der Waals surface area contributed by atoms with E-state index in [0.717, 1.165) is 16.7 Å². The number of rotatable bonds is 3. The molecule has 3 rings (SSSR count). The van der Waals surface area contributed by atoms with Crippen LogP contribution in [0, 0.1) is 0 Å². The van der Waals surface area contributed by atoms with Crippen LogP contribution < -0.4 is 9.47 Å². The molecule has 1 aromatic carbocycles. The second kappa shape index (κ2) is 5.32. The van der Waals surface area contributed by atoms with Crippen molar-refractivity contribution in [2.45, 2.75) is 6.54 Å². The summed E-state index contributed by atoms with van der Waals surface area (Å²) in [7, 11) is 3.96. The molecule has 2 heterocycles. The Morgan fingerprint density at radius 2 is 1.90 bits per heavy atom. The first-order valence-corrected chi connectivity index (χ1v) is 6.65. The first kappa shape index (κ1) is 13.2. The third-order valence-electron chi connectivity index (χ3n) is 3.30. The second-order valence-electron chi connectivity index (χ2n) is 5.01. The van der Waals surface area contributed by atoms with Gasteiger partial charge >= 0.3 is 5.91 Å². The van der Waals surface area contributed by atoms with Crippen molar-refractivity contribution in [3.63, 3.8) is 0 Å². The Hall–Kier alpha value is -2.76. The lowest BCUT2D eigenvalue weighted by molar-refractivity contribution is -0.683. The predicted molar refractivity (Wildman–Crippen MR) is 79.1 cm³/mol. The van der Waals surface area contributed by atoms with E-state index in [1.165, 1.54) is 4.68 Å². The molecule has 0 bridgehead atoms. The van der Waals surface area contributed by atoms with Gasteiger partial charge in [0, 0.05) is 31.9 Å². The van der Waals surface area contributed by atoms with Gasteiger partial charge in [0.2, 0.25) is 6.54 Å². The van der Waals surface area contributed by atoms with Crippen LogP contribution >= 0.6 is 0 Å². The van der Waals surface area contributed by atoms with Crippen LogP contribution in [-0.4, -0.2) is 35.0 Å². The van der Waals surface area contributed by atoms with Crippen molar-refractivity contribution in [3.8, 4) is 0 Å². The van der Waals surface area contributed by atoms with Gasteiger partial charge in [0.1, 0.15) is 5.52 Å². The fourth-order valence-electron chi connectivity index (χ4n) is 2.13. The Kier molecular flexibility index (Phi) is 3.35. The molecule has 6 nitrogen and oxygen atoms in total. The second-order valence-corrected chi connectivity index (χ2v) is 5.01. The maximum absolute atomic E-state index is 12.3. The summed E-state index contributed by atoms with van der Waals surface area (Å²) in [6, 6.07) is 11.4. The number of nitrogens with zero attached hydrogens (tertiary/aromatic N) is 5. The normalized spacial score (nSPS) is 10.8. The van der Waals surface area contributed by atoms with Gasteiger partial charge in [-0.3, -0.25) is 4.79 Å². The molecule has 2 aromatic heterocycles. The minimum atomic E-state index is -0.119. The molecule has 0 unspecified atom stereocenters. The number of fused-ring (bicyclic) bond motifs is 1. The molecule has 3 aromatic rings. The molecule has 0 atom stereocenters. The van der Waals surface area contributed by atoms with Crippen LogP contribution in [0.5, 0.6) is 0 Å². The van der Waals surface area contributed by atoms with Crippen LogP contribution in [0.2, 0.25) is 0 Å². The zero-order chi connectivity index (χ0) is 14.8. The quantitative estimate of drug-likeness (QED) is 0.676. The number of pyridine rings is 1. The number of anilines is 1. The van der Waals surface area contributed by atoms with E-state index in [1.54, 1.807) is 0 Å². The van der Waals surface area contributed by atoms with Crippen LogP contribution in [0.3, 0.4) is 0 Å². The average molecular weight is 282 g/mol. The highest BCUT2D eigenvalue weighted by Gasteiger charge is 2.16. The minimum Gasteiger partial charge on any atom is -0.377 e. The molecule has 0 aliphatic heterocycles. The Bertz CT molecular complexity index is 776. The summed E-state index contributed by atoms with van der Waals surface area (Å²) in [6.45, 7) is 0.223. The SMILES string of the molecule is CN(C)c1cc[n+](CC(=O)n2nnc3ccccc32)cc1. The summed E-state index contributed by atoms with van der Waals surface area (Å²) in [5.74, 6) is -0.119. The van der Waals surface area contributed by atoms with E-state index in [-0.39, 0.29) is 12.5 Å². The van der Waals surface area contributed by atoms with E-state index in [9.17, 15) is 4.79 Å². The van der Waals surface area contributed by atoms with E-state index in [4.69, 9.17) is 0 Å². The van der Waals surface area contributed by atoms with E-state index in [1.807, 2.05) is 72.4 Å². The summed E-state index contributed by atoms with van der Waals surface area (Å²) >= 11 is 0. The molecule has 106 valence electrons. The number of carbonyl (C=O) groups is 1. The fraction of sp³-hybridized carbons (Fsp3) is 0.200. The van der Waals surface area contributed by atoms with Crippen LogP contribution in [-0.2, 0) is 6.54 Å². The lowest BCUT2D eigenvalue weighted by Crippen LogP contribution is -2.39. The van der Waals surface area contributed by atoms with Crippen LogP contribution in [0.15, 0.2) is 48.8 Å². The fourth-order valence-corrected chi connectivity index (χ4v) is 2.13. The smallest absolute Gasteiger partial charge is 0.314 e. The molecule has 21 heavy (non-hydrogen) atoms. The molecule has 0 radical (unpaired) electrons. The summed E-state index contributed by atoms with van der Waals surface area (Å²) in [6.07, 6.45) is 3.76. The molecule has 0 aliphatic rings. The first-order valence-electron chi connectivity index (χ1n) is 6.65. The predicted octanol–water partition coefficient (Wildman–Crippen LogP) is 1.13. The van der Waals surface area contributed by atoms with Crippen LogP contribution in [0.4, 0.5) is 5.69 Å². The van der Waals surface area contributed by atoms with Crippen molar-refractivity contribution in [1.29, 1.82) is 0 Å². The number of benzene rings is 1. The Morgan fingerprint density at radius 1 is 1.19 bits per heavy atom. The highest BCUT2D eigenvalue weighted by molar-refractivity contribution is 5.87. The van der Waals surface area contributed by atoms with Crippen molar-refractivity contribution in [1.82, 2.24) is 15.0 Å². The van der Waals surface area contributed by atoms with Gasteiger partial charge in [-0.2, -0.15) is 9.25 Å². The first-order chi connectivity index (χ1) is 10.1. The molecule has 0 saturated carbocycles. The zero-order valence-electron chi connectivity index (χ0n) is 12.0. The lowest BCUT2D eigenvalue weighted by atomic mass is 10.3. The van der Waals surface area contributed by atoms with Gasteiger partial charge in [-0.15, -0.1) is 5.10 Å². The van der Waals surface area contributed by atoms with Crippen LogP contribution in [0.25, 0.3) is 11.0 Å². The number of hydrogen-bond donors (Lipinski definition) is 0. The van der Waals surface area contributed by atoms with Gasteiger partial charge in [-0.05, 0) is 12.1 Å². The molecule has 0 spiro atoms. The Morgan fingerprint density at radius 3 is 2.62 bits per heavy atom. The van der Waals surface area contributed by atoms with Gasteiger partial charge in [0.15, 0.2) is 12.4 Å². The number of para-hydroxylation sites is 1. The van der Waals surface area contributed by atoms with E-state index in [2.05, 4.69) is 10.3 Å². The summed E-state index contributed by atoms with van der Waals surface area (Å²) in [4.78, 5) is 14.3. The molecule has 0 N–H and O–H groups in total. The van der Waals surface area contributed by atoms with Gasteiger partial charge in [0.05, 0.1) is 5.52 Å². The topological polar surface area (TPSA) is 54.9 Å². The molecule has 6 heteroatoms. The number of aromatic nitrogens is 4. The lowest BCUT2D eigenvalue weighted by Gasteiger charge is -2.10. The van der Waals surface area contributed by atoms with Crippen LogP contribution in [0.1, 0.15) is 4.79 Å². The Labute approximate surface area is 122 Å². The molecule has 0 amide bonds. The zero-order valence-corrected chi connectivity index (χ0v) is 12.0. The van der Waals surface area contributed by atoms with Crippen molar-refractivity contribution in [2.75, 3.05) is 19.0 Å².